The molecular weight excluding hydrogens is 519 g/mol. The van der Waals surface area contributed by atoms with E-state index in [1.54, 1.807) is 25.1 Å². The quantitative estimate of drug-likeness (QED) is 0.293. The van der Waals surface area contributed by atoms with Crippen molar-refractivity contribution in [3.8, 4) is 11.9 Å². The molecule has 0 amide bonds. The van der Waals surface area contributed by atoms with Gasteiger partial charge in [0, 0.05) is 41.4 Å². The summed E-state index contributed by atoms with van der Waals surface area (Å²) in [6, 6.07) is 18.3. The molecule has 4 heterocycles. The molecule has 0 aliphatic carbocycles. The Kier molecular flexibility index (Phi) is 7.77. The lowest BCUT2D eigenvalue weighted by Gasteiger charge is -2.32. The number of pyridine rings is 1. The number of benzene rings is 2. The van der Waals surface area contributed by atoms with E-state index in [-0.39, 0.29) is 18.0 Å². The van der Waals surface area contributed by atoms with Crippen LogP contribution in [0, 0.1) is 17.1 Å². The van der Waals surface area contributed by atoms with Crippen LogP contribution in [0.5, 0.6) is 5.88 Å². The van der Waals surface area contributed by atoms with Crippen LogP contribution in [0.4, 0.5) is 4.39 Å². The fourth-order valence-corrected chi connectivity index (χ4v) is 5.65. The lowest BCUT2D eigenvalue weighted by molar-refractivity contribution is 0.101. The summed E-state index contributed by atoms with van der Waals surface area (Å²) in [6.07, 6.45) is 3.09. The summed E-state index contributed by atoms with van der Waals surface area (Å²) in [4.78, 5) is 24.2. The number of carbonyl (C=O) groups is 1. The van der Waals surface area contributed by atoms with Crippen molar-refractivity contribution in [2.24, 2.45) is 0 Å². The van der Waals surface area contributed by atoms with Gasteiger partial charge in [0.25, 0.3) is 0 Å². The number of ketones is 1. The summed E-state index contributed by atoms with van der Waals surface area (Å²) in [5.74, 6) is 1.44. The summed E-state index contributed by atoms with van der Waals surface area (Å²) in [6.45, 7) is 6.17. The molecule has 2 saturated heterocycles. The average Bonchev–Trinajstić information content (AvgIpc) is 3.30. The van der Waals surface area contributed by atoms with Crippen LogP contribution in [0.1, 0.15) is 65.1 Å². The molecule has 4 aromatic rings. The number of hydrogen-bond donors (Lipinski definition) is 1. The number of fused-ring (bicyclic) bond motifs is 1. The number of rotatable bonds is 9. The average molecular weight is 553 g/mol. The van der Waals surface area contributed by atoms with E-state index in [1.807, 2.05) is 36.4 Å². The second-order valence-corrected chi connectivity index (χ2v) is 11.0. The molecule has 0 saturated carbocycles. The largest absolute Gasteiger partial charge is 0.473 e. The van der Waals surface area contributed by atoms with Crippen molar-refractivity contribution >= 4 is 16.8 Å². The van der Waals surface area contributed by atoms with Crippen LogP contribution in [-0.4, -0.2) is 50.9 Å². The third-order valence-electron chi connectivity index (χ3n) is 8.24. The van der Waals surface area contributed by atoms with Gasteiger partial charge in [-0.3, -0.25) is 9.69 Å². The number of halogens is 1. The topological polar surface area (TPSA) is 96.1 Å². The molecule has 2 aliphatic rings. The number of aromatic nitrogens is 3. The maximum atomic E-state index is 14.2. The first-order valence-electron chi connectivity index (χ1n) is 14.2. The Morgan fingerprint density at radius 1 is 1.12 bits per heavy atom. The predicted octanol–water partition coefficient (Wildman–Crippen LogP) is 4.97. The highest BCUT2D eigenvalue weighted by Crippen LogP contribution is 2.30. The van der Waals surface area contributed by atoms with Crippen molar-refractivity contribution in [2.75, 3.05) is 19.6 Å². The number of piperidine rings is 1. The first kappa shape index (κ1) is 27.1. The molecule has 1 N–H and O–H groups in total. The van der Waals surface area contributed by atoms with Crippen LogP contribution < -0.4 is 10.1 Å². The molecule has 1 atom stereocenters. The first-order valence-corrected chi connectivity index (χ1v) is 14.2. The van der Waals surface area contributed by atoms with E-state index >= 15 is 0 Å². The highest BCUT2D eigenvalue weighted by Gasteiger charge is 2.25. The van der Waals surface area contributed by atoms with Crippen LogP contribution in [-0.2, 0) is 19.7 Å². The summed E-state index contributed by atoms with van der Waals surface area (Å²) < 4.78 is 22.3. The number of nitrogens with one attached hydrogen (secondary N) is 1. The lowest BCUT2D eigenvalue weighted by atomic mass is 9.93. The Labute approximate surface area is 238 Å². The summed E-state index contributed by atoms with van der Waals surface area (Å²) in [5.41, 5.74) is 4.34. The van der Waals surface area contributed by atoms with Gasteiger partial charge in [0.15, 0.2) is 5.78 Å². The molecule has 0 radical (unpaired) electrons. The highest BCUT2D eigenvalue weighted by atomic mass is 19.1. The zero-order valence-electron chi connectivity index (χ0n) is 23.1. The van der Waals surface area contributed by atoms with Gasteiger partial charge in [0.2, 0.25) is 5.88 Å². The van der Waals surface area contributed by atoms with Gasteiger partial charge in [-0.05, 0) is 82.2 Å². The summed E-state index contributed by atoms with van der Waals surface area (Å²) in [7, 11) is 0. The van der Waals surface area contributed by atoms with Gasteiger partial charge in [0.05, 0.1) is 29.2 Å². The number of Topliss-reactive ketones (excluding diaryl/α,β-unsaturated/α-hetero) is 1. The fraction of sp³-hybridized carbons (Fsp3) is 0.375. The minimum atomic E-state index is -0.454. The Morgan fingerprint density at radius 2 is 1.95 bits per heavy atom. The van der Waals surface area contributed by atoms with Gasteiger partial charge >= 0.3 is 0 Å². The van der Waals surface area contributed by atoms with Crippen molar-refractivity contribution in [3.05, 3.63) is 88.6 Å². The SMILES string of the molecule is CC(=O)c1ccc2nc(CN3CCC(c4cccc(OCc5ccc(C#N)cc5F)n4)CC3)n(CC3CCN3)c2c1. The second kappa shape index (κ2) is 11.8. The number of nitrogens with zero attached hydrogens (tertiary/aromatic N) is 5. The van der Waals surface area contributed by atoms with Crippen LogP contribution >= 0.6 is 0 Å². The van der Waals surface area contributed by atoms with Crippen molar-refractivity contribution in [1.29, 1.82) is 5.26 Å². The van der Waals surface area contributed by atoms with E-state index in [9.17, 15) is 9.18 Å². The lowest BCUT2D eigenvalue weighted by Crippen LogP contribution is -2.46. The van der Waals surface area contributed by atoms with Gasteiger partial charge in [0.1, 0.15) is 18.2 Å². The van der Waals surface area contributed by atoms with Gasteiger partial charge < -0.3 is 14.6 Å². The minimum absolute atomic E-state index is 0.0533. The van der Waals surface area contributed by atoms with Crippen LogP contribution in [0.15, 0.2) is 54.6 Å². The normalized spacial score (nSPS) is 17.7. The van der Waals surface area contributed by atoms with Crippen molar-refractivity contribution in [3.63, 3.8) is 0 Å². The van der Waals surface area contributed by atoms with Crippen LogP contribution in [0.3, 0.4) is 0 Å². The molecular formula is C32H33FN6O2. The Bertz CT molecular complexity index is 1610. The van der Waals surface area contributed by atoms with Gasteiger partial charge in [-0.2, -0.15) is 5.26 Å². The molecule has 8 nitrogen and oxygen atoms in total. The van der Waals surface area contributed by atoms with E-state index in [0.29, 0.717) is 29.0 Å². The van der Waals surface area contributed by atoms with E-state index in [4.69, 9.17) is 20.0 Å². The maximum absolute atomic E-state index is 14.2. The monoisotopic (exact) mass is 552 g/mol. The van der Waals surface area contributed by atoms with Crippen molar-refractivity contribution in [2.45, 2.75) is 57.8 Å². The molecule has 6 rings (SSSR count). The molecule has 0 spiro atoms. The van der Waals surface area contributed by atoms with E-state index in [2.05, 4.69) is 14.8 Å². The zero-order chi connectivity index (χ0) is 28.3. The van der Waals surface area contributed by atoms with Crippen molar-refractivity contribution < 1.29 is 13.9 Å². The van der Waals surface area contributed by atoms with Crippen molar-refractivity contribution in [1.82, 2.24) is 24.8 Å². The number of hydrogen-bond acceptors (Lipinski definition) is 7. The molecule has 2 fully saturated rings. The highest BCUT2D eigenvalue weighted by molar-refractivity contribution is 5.97. The fourth-order valence-electron chi connectivity index (χ4n) is 5.65. The predicted molar refractivity (Wildman–Crippen MR) is 153 cm³/mol. The Morgan fingerprint density at radius 3 is 2.66 bits per heavy atom. The molecule has 2 aromatic heterocycles. The second-order valence-electron chi connectivity index (χ2n) is 11.0. The maximum Gasteiger partial charge on any atom is 0.213 e. The van der Waals surface area contributed by atoms with E-state index in [1.165, 1.54) is 6.07 Å². The van der Waals surface area contributed by atoms with E-state index in [0.717, 1.165) is 74.5 Å². The Hall–Kier alpha value is -4.13. The number of likely N-dealkylation sites (tertiary alicyclic amines) is 1. The molecule has 41 heavy (non-hydrogen) atoms. The minimum Gasteiger partial charge on any atom is -0.473 e. The molecule has 1 unspecified atom stereocenters. The van der Waals surface area contributed by atoms with E-state index < -0.39 is 5.82 Å². The Balaban J connectivity index is 1.10. The number of imidazole rings is 1. The van der Waals surface area contributed by atoms with Gasteiger partial charge in [-0.25, -0.2) is 14.4 Å². The molecule has 210 valence electrons. The third-order valence-corrected chi connectivity index (χ3v) is 8.24. The number of nitriles is 1. The molecule has 2 aromatic carbocycles. The number of ether oxygens (including phenoxy) is 1. The zero-order valence-corrected chi connectivity index (χ0v) is 23.1. The van der Waals surface area contributed by atoms with Gasteiger partial charge in [-0.1, -0.05) is 12.1 Å². The smallest absolute Gasteiger partial charge is 0.213 e. The summed E-state index contributed by atoms with van der Waals surface area (Å²) in [5, 5.41) is 12.4. The molecule has 0 bridgehead atoms. The molecule has 2 aliphatic heterocycles. The van der Waals surface area contributed by atoms with Gasteiger partial charge in [-0.15, -0.1) is 0 Å². The van der Waals surface area contributed by atoms with Crippen LogP contribution in [0.2, 0.25) is 0 Å². The standard InChI is InChI=1S/C32H33FN6O2/c1-21(40)24-7-8-29-30(16-24)39(18-26-9-12-35-26)31(36-29)19-38-13-10-23(11-14-38)28-3-2-4-32(37-28)41-20-25-6-5-22(17-34)15-27(25)33/h2-8,15-16,23,26,35H,9-14,18-20H2,1H3. The van der Waals surface area contributed by atoms with Crippen LogP contribution in [0.25, 0.3) is 11.0 Å². The summed E-state index contributed by atoms with van der Waals surface area (Å²) >= 11 is 0. The first-order chi connectivity index (χ1) is 20.0. The third kappa shape index (κ3) is 5.99. The number of carbonyl (C=O) groups excluding carboxylic acids is 1. The molecule has 9 heteroatoms.